The average Bonchev–Trinajstić information content (AvgIpc) is 2.51. The van der Waals surface area contributed by atoms with Crippen LogP contribution in [-0.2, 0) is 0 Å². The lowest BCUT2D eigenvalue weighted by Gasteiger charge is -2.36. The SMILES string of the molecule is Nn1c(N2CCN(c3ccccc3)CC2)nncc1=O. The van der Waals surface area contributed by atoms with Crippen molar-refractivity contribution in [1.29, 1.82) is 0 Å². The molecule has 3 rings (SSSR count). The highest BCUT2D eigenvalue weighted by atomic mass is 16.1. The minimum Gasteiger partial charge on any atom is -0.368 e. The third-order valence-corrected chi connectivity index (χ3v) is 3.45. The zero-order chi connectivity index (χ0) is 13.9. The van der Waals surface area contributed by atoms with Crippen molar-refractivity contribution in [1.82, 2.24) is 14.9 Å². The largest absolute Gasteiger partial charge is 0.368 e. The first-order chi connectivity index (χ1) is 9.75. The molecule has 0 spiro atoms. The van der Waals surface area contributed by atoms with Crippen molar-refractivity contribution in [2.45, 2.75) is 0 Å². The highest BCUT2D eigenvalue weighted by Gasteiger charge is 2.20. The first-order valence-electron chi connectivity index (χ1n) is 6.50. The van der Waals surface area contributed by atoms with Gasteiger partial charge in [0, 0.05) is 31.9 Å². The predicted octanol–water partition coefficient (Wildman–Crippen LogP) is -0.321. The third kappa shape index (κ3) is 2.29. The summed E-state index contributed by atoms with van der Waals surface area (Å²) in [5.74, 6) is 6.13. The topological polar surface area (TPSA) is 80.3 Å². The molecule has 7 heteroatoms. The van der Waals surface area contributed by atoms with Gasteiger partial charge in [-0.2, -0.15) is 4.68 Å². The molecule has 1 aromatic carbocycles. The Balaban J connectivity index is 1.73. The second-order valence-corrected chi connectivity index (χ2v) is 4.66. The van der Waals surface area contributed by atoms with Crippen molar-refractivity contribution in [3.8, 4) is 0 Å². The Morgan fingerprint density at radius 3 is 2.35 bits per heavy atom. The van der Waals surface area contributed by atoms with Crippen molar-refractivity contribution in [2.24, 2.45) is 0 Å². The van der Waals surface area contributed by atoms with Gasteiger partial charge < -0.3 is 15.6 Å². The van der Waals surface area contributed by atoms with Crippen molar-refractivity contribution in [3.63, 3.8) is 0 Å². The van der Waals surface area contributed by atoms with E-state index in [9.17, 15) is 4.79 Å². The van der Waals surface area contributed by atoms with Gasteiger partial charge in [0.2, 0.25) is 5.95 Å². The van der Waals surface area contributed by atoms with Gasteiger partial charge in [-0.25, -0.2) is 0 Å². The number of benzene rings is 1. The molecule has 2 N–H and O–H groups in total. The molecule has 0 radical (unpaired) electrons. The second kappa shape index (κ2) is 5.20. The van der Waals surface area contributed by atoms with E-state index >= 15 is 0 Å². The number of piperazine rings is 1. The average molecular weight is 272 g/mol. The van der Waals surface area contributed by atoms with Crippen LogP contribution in [0.2, 0.25) is 0 Å². The van der Waals surface area contributed by atoms with E-state index in [1.807, 2.05) is 23.1 Å². The molecule has 0 unspecified atom stereocenters. The molecule has 0 bridgehead atoms. The molecule has 0 atom stereocenters. The van der Waals surface area contributed by atoms with Crippen LogP contribution in [0.15, 0.2) is 41.3 Å². The van der Waals surface area contributed by atoms with E-state index in [1.165, 1.54) is 5.69 Å². The summed E-state index contributed by atoms with van der Waals surface area (Å²) in [6.07, 6.45) is 1.11. The fraction of sp³-hybridized carbons (Fsp3) is 0.308. The van der Waals surface area contributed by atoms with Crippen molar-refractivity contribution < 1.29 is 0 Å². The molecular formula is C13H16N6O. The van der Waals surface area contributed by atoms with Gasteiger partial charge in [0.05, 0.1) is 0 Å². The number of rotatable bonds is 2. The second-order valence-electron chi connectivity index (χ2n) is 4.66. The van der Waals surface area contributed by atoms with E-state index in [4.69, 9.17) is 5.84 Å². The van der Waals surface area contributed by atoms with Crippen LogP contribution in [0.4, 0.5) is 11.6 Å². The lowest BCUT2D eigenvalue weighted by Crippen LogP contribution is -2.49. The molecule has 1 aliphatic rings. The van der Waals surface area contributed by atoms with Crippen molar-refractivity contribution >= 4 is 11.6 Å². The molecule has 0 saturated carbocycles. The van der Waals surface area contributed by atoms with Gasteiger partial charge in [0.25, 0.3) is 5.56 Å². The van der Waals surface area contributed by atoms with E-state index in [0.29, 0.717) is 5.95 Å². The number of hydrogen-bond acceptors (Lipinski definition) is 6. The molecule has 1 saturated heterocycles. The molecule has 2 heterocycles. The predicted molar refractivity (Wildman–Crippen MR) is 77.3 cm³/mol. The number of nitrogens with zero attached hydrogens (tertiary/aromatic N) is 5. The van der Waals surface area contributed by atoms with Crippen LogP contribution in [-0.4, -0.2) is 41.1 Å². The summed E-state index contributed by atoms with van der Waals surface area (Å²) in [7, 11) is 0. The molecule has 2 aromatic rings. The Bertz CT molecular complexity index is 633. The van der Waals surface area contributed by atoms with Crippen LogP contribution < -0.4 is 21.2 Å². The Morgan fingerprint density at radius 2 is 1.65 bits per heavy atom. The van der Waals surface area contributed by atoms with E-state index in [2.05, 4.69) is 27.2 Å². The number of nitrogen functional groups attached to an aromatic ring is 1. The summed E-state index contributed by atoms with van der Waals surface area (Å²) < 4.78 is 1.05. The Hall–Kier alpha value is -2.57. The summed E-state index contributed by atoms with van der Waals surface area (Å²) in [6.45, 7) is 3.22. The van der Waals surface area contributed by atoms with Crippen LogP contribution in [0, 0.1) is 0 Å². The Morgan fingerprint density at radius 1 is 1.00 bits per heavy atom. The maximum atomic E-state index is 11.5. The van der Waals surface area contributed by atoms with Crippen LogP contribution in [0.5, 0.6) is 0 Å². The van der Waals surface area contributed by atoms with Gasteiger partial charge in [-0.15, -0.1) is 10.2 Å². The smallest absolute Gasteiger partial charge is 0.292 e. The zero-order valence-corrected chi connectivity index (χ0v) is 11.0. The van der Waals surface area contributed by atoms with E-state index in [-0.39, 0.29) is 5.56 Å². The number of anilines is 2. The highest BCUT2D eigenvalue weighted by molar-refractivity contribution is 5.48. The first kappa shape index (κ1) is 12.5. The first-order valence-corrected chi connectivity index (χ1v) is 6.50. The summed E-state index contributed by atoms with van der Waals surface area (Å²) in [4.78, 5) is 15.7. The minimum absolute atomic E-state index is 0.347. The molecule has 1 aliphatic heterocycles. The number of hydrogen-bond donors (Lipinski definition) is 1. The normalized spacial score (nSPS) is 15.4. The van der Waals surface area contributed by atoms with Crippen molar-refractivity contribution in [3.05, 3.63) is 46.9 Å². The number of aromatic nitrogens is 3. The molecular weight excluding hydrogens is 256 g/mol. The molecule has 20 heavy (non-hydrogen) atoms. The van der Waals surface area contributed by atoms with Crippen LogP contribution in [0.1, 0.15) is 0 Å². The van der Waals surface area contributed by atoms with E-state index in [0.717, 1.165) is 37.1 Å². The fourth-order valence-corrected chi connectivity index (χ4v) is 2.36. The number of nitrogens with two attached hydrogens (primary N) is 1. The summed E-state index contributed by atoms with van der Waals surface area (Å²) in [5, 5.41) is 7.63. The number of para-hydroxylation sites is 1. The van der Waals surface area contributed by atoms with E-state index in [1.54, 1.807) is 0 Å². The third-order valence-electron chi connectivity index (χ3n) is 3.45. The standard InChI is InChI=1S/C13H16N6O/c14-19-12(20)10-15-16-13(19)18-8-6-17(7-9-18)11-4-2-1-3-5-11/h1-5,10H,6-9,14H2. The van der Waals surface area contributed by atoms with Gasteiger partial charge in [0.15, 0.2) is 0 Å². The molecule has 1 fully saturated rings. The van der Waals surface area contributed by atoms with Gasteiger partial charge in [0.1, 0.15) is 6.20 Å². The molecule has 7 nitrogen and oxygen atoms in total. The highest BCUT2D eigenvalue weighted by Crippen LogP contribution is 2.17. The van der Waals surface area contributed by atoms with Crippen molar-refractivity contribution in [2.75, 3.05) is 41.8 Å². The summed E-state index contributed by atoms with van der Waals surface area (Å²) >= 11 is 0. The molecule has 1 aromatic heterocycles. The Labute approximate surface area is 116 Å². The maximum absolute atomic E-state index is 11.5. The van der Waals surface area contributed by atoms with Crippen LogP contribution in [0.25, 0.3) is 0 Å². The van der Waals surface area contributed by atoms with Gasteiger partial charge in [-0.1, -0.05) is 18.2 Å². The maximum Gasteiger partial charge on any atom is 0.292 e. The quantitative estimate of drug-likeness (QED) is 0.755. The molecule has 104 valence electrons. The van der Waals surface area contributed by atoms with Crippen LogP contribution in [0.3, 0.4) is 0 Å². The lowest BCUT2D eigenvalue weighted by atomic mass is 10.2. The molecule has 0 aliphatic carbocycles. The minimum atomic E-state index is -0.347. The van der Waals surface area contributed by atoms with E-state index < -0.39 is 0 Å². The van der Waals surface area contributed by atoms with Gasteiger partial charge in [-0.3, -0.25) is 4.79 Å². The lowest BCUT2D eigenvalue weighted by molar-refractivity contribution is 0.618. The Kier molecular flexibility index (Phi) is 3.24. The van der Waals surface area contributed by atoms with Gasteiger partial charge >= 0.3 is 0 Å². The zero-order valence-electron chi connectivity index (χ0n) is 11.0. The summed E-state index contributed by atoms with van der Waals surface area (Å²) in [5.41, 5.74) is 0.858. The molecule has 0 amide bonds. The van der Waals surface area contributed by atoms with Crippen LogP contribution >= 0.6 is 0 Å². The van der Waals surface area contributed by atoms with Gasteiger partial charge in [-0.05, 0) is 12.1 Å². The monoisotopic (exact) mass is 272 g/mol. The fourth-order valence-electron chi connectivity index (χ4n) is 2.36. The summed E-state index contributed by atoms with van der Waals surface area (Å²) in [6, 6.07) is 10.3.